The summed E-state index contributed by atoms with van der Waals surface area (Å²) in [5.41, 5.74) is 7.91. The van der Waals surface area contributed by atoms with Crippen LogP contribution in [0.3, 0.4) is 0 Å². The smallest absolute Gasteiger partial charge is 0.222 e. The Morgan fingerprint density at radius 3 is 2.95 bits per heavy atom. The molecule has 0 saturated carbocycles. The van der Waals surface area contributed by atoms with E-state index >= 15 is 0 Å². The van der Waals surface area contributed by atoms with Crippen molar-refractivity contribution in [1.29, 1.82) is 0 Å². The molecule has 1 amide bonds. The second-order valence-corrected chi connectivity index (χ2v) is 6.32. The number of carbonyl (C=O) groups excluding carboxylic acids is 1. The standard InChI is InChI=1S/C15H22BrN3O/c1-10(18-2)13-6-5-12(16)8-14(13)19-7-3-4-11(9-19)15(17)20/h5-6,8,10-11,18H,3-4,7,9H2,1-2H3,(H2,17,20). The Morgan fingerprint density at radius 2 is 2.30 bits per heavy atom. The van der Waals surface area contributed by atoms with Crippen LogP contribution in [-0.2, 0) is 4.79 Å². The minimum atomic E-state index is -0.187. The molecule has 1 aromatic rings. The van der Waals surface area contributed by atoms with Gasteiger partial charge in [-0.05, 0) is 44.5 Å². The Labute approximate surface area is 128 Å². The van der Waals surface area contributed by atoms with Gasteiger partial charge in [0.1, 0.15) is 0 Å². The number of hydrogen-bond donors (Lipinski definition) is 2. The number of carbonyl (C=O) groups is 1. The van der Waals surface area contributed by atoms with E-state index in [9.17, 15) is 4.79 Å². The maximum atomic E-state index is 11.4. The lowest BCUT2D eigenvalue weighted by atomic mass is 9.95. The average molecular weight is 340 g/mol. The molecule has 3 N–H and O–H groups in total. The van der Waals surface area contributed by atoms with Gasteiger partial charge < -0.3 is 16.0 Å². The lowest BCUT2D eigenvalue weighted by Gasteiger charge is -2.35. The van der Waals surface area contributed by atoms with Crippen LogP contribution in [0.4, 0.5) is 5.69 Å². The molecule has 0 aromatic heterocycles. The number of nitrogens with one attached hydrogen (secondary N) is 1. The minimum absolute atomic E-state index is 0.0412. The highest BCUT2D eigenvalue weighted by Gasteiger charge is 2.26. The zero-order valence-electron chi connectivity index (χ0n) is 12.0. The van der Waals surface area contributed by atoms with Crippen LogP contribution in [0.25, 0.3) is 0 Å². The van der Waals surface area contributed by atoms with Gasteiger partial charge in [0.15, 0.2) is 0 Å². The summed E-state index contributed by atoms with van der Waals surface area (Å²) in [4.78, 5) is 13.7. The van der Waals surface area contributed by atoms with Crippen molar-refractivity contribution in [2.75, 3.05) is 25.0 Å². The van der Waals surface area contributed by atoms with Crippen molar-refractivity contribution in [3.63, 3.8) is 0 Å². The average Bonchev–Trinajstić information content (AvgIpc) is 2.46. The van der Waals surface area contributed by atoms with Crippen molar-refractivity contribution in [2.45, 2.75) is 25.8 Å². The number of rotatable bonds is 4. The van der Waals surface area contributed by atoms with Crippen molar-refractivity contribution in [2.24, 2.45) is 11.7 Å². The van der Waals surface area contributed by atoms with Crippen LogP contribution < -0.4 is 16.0 Å². The quantitative estimate of drug-likeness (QED) is 0.885. The molecule has 0 aliphatic carbocycles. The van der Waals surface area contributed by atoms with Crippen LogP contribution in [0, 0.1) is 5.92 Å². The van der Waals surface area contributed by atoms with Crippen LogP contribution in [0.1, 0.15) is 31.4 Å². The summed E-state index contributed by atoms with van der Waals surface area (Å²) in [6.07, 6.45) is 1.91. The maximum Gasteiger partial charge on any atom is 0.222 e. The molecule has 1 aliphatic heterocycles. The van der Waals surface area contributed by atoms with Crippen molar-refractivity contribution in [3.05, 3.63) is 28.2 Å². The minimum Gasteiger partial charge on any atom is -0.370 e. The van der Waals surface area contributed by atoms with Crippen LogP contribution in [0.2, 0.25) is 0 Å². The number of halogens is 1. The Bertz CT molecular complexity index is 492. The SMILES string of the molecule is CNC(C)c1ccc(Br)cc1N1CCCC(C(N)=O)C1. The van der Waals surface area contributed by atoms with E-state index in [1.54, 1.807) is 0 Å². The highest BCUT2D eigenvalue weighted by Crippen LogP contribution is 2.32. The van der Waals surface area contributed by atoms with Gasteiger partial charge in [0.25, 0.3) is 0 Å². The number of nitrogens with zero attached hydrogens (tertiary/aromatic N) is 1. The molecule has 2 unspecified atom stereocenters. The van der Waals surface area contributed by atoms with Gasteiger partial charge in [0.05, 0.1) is 5.92 Å². The van der Waals surface area contributed by atoms with E-state index in [1.165, 1.54) is 11.3 Å². The van der Waals surface area contributed by atoms with Gasteiger partial charge in [-0.15, -0.1) is 0 Å². The van der Waals surface area contributed by atoms with E-state index in [0.29, 0.717) is 0 Å². The van der Waals surface area contributed by atoms with E-state index < -0.39 is 0 Å². The molecular formula is C15H22BrN3O. The Balaban J connectivity index is 2.30. The summed E-state index contributed by atoms with van der Waals surface area (Å²) in [5.74, 6) is -0.228. The van der Waals surface area contributed by atoms with Crippen LogP contribution >= 0.6 is 15.9 Å². The first-order valence-corrected chi connectivity index (χ1v) is 7.83. The molecule has 1 fully saturated rings. The van der Waals surface area contributed by atoms with Gasteiger partial charge in [-0.25, -0.2) is 0 Å². The van der Waals surface area contributed by atoms with Gasteiger partial charge in [-0.2, -0.15) is 0 Å². The molecule has 110 valence electrons. The number of anilines is 1. The number of hydrogen-bond acceptors (Lipinski definition) is 3. The molecule has 1 aromatic carbocycles. The predicted octanol–water partition coefficient (Wildman–Crippen LogP) is 2.43. The third-order valence-electron chi connectivity index (χ3n) is 4.06. The first-order valence-electron chi connectivity index (χ1n) is 7.04. The van der Waals surface area contributed by atoms with E-state index in [4.69, 9.17) is 5.73 Å². The van der Waals surface area contributed by atoms with E-state index in [0.717, 1.165) is 30.4 Å². The summed E-state index contributed by atoms with van der Waals surface area (Å²) in [5, 5.41) is 3.28. The molecule has 20 heavy (non-hydrogen) atoms. The predicted molar refractivity (Wildman–Crippen MR) is 85.7 cm³/mol. The third-order valence-corrected chi connectivity index (χ3v) is 4.55. The molecule has 0 spiro atoms. The lowest BCUT2D eigenvalue weighted by Crippen LogP contribution is -2.41. The molecule has 0 bridgehead atoms. The first kappa shape index (κ1) is 15.3. The number of piperidine rings is 1. The van der Waals surface area contributed by atoms with Gasteiger partial charge in [0, 0.05) is 29.3 Å². The van der Waals surface area contributed by atoms with E-state index in [-0.39, 0.29) is 17.9 Å². The zero-order valence-corrected chi connectivity index (χ0v) is 13.6. The van der Waals surface area contributed by atoms with Crippen molar-refractivity contribution in [1.82, 2.24) is 5.32 Å². The molecule has 1 heterocycles. The zero-order chi connectivity index (χ0) is 14.7. The molecule has 5 heteroatoms. The van der Waals surface area contributed by atoms with Crippen molar-refractivity contribution in [3.8, 4) is 0 Å². The van der Waals surface area contributed by atoms with Gasteiger partial charge >= 0.3 is 0 Å². The molecule has 4 nitrogen and oxygen atoms in total. The fraction of sp³-hybridized carbons (Fsp3) is 0.533. The summed E-state index contributed by atoms with van der Waals surface area (Å²) < 4.78 is 1.06. The topological polar surface area (TPSA) is 58.4 Å². The molecule has 1 saturated heterocycles. The second kappa shape index (κ2) is 6.59. The fourth-order valence-corrected chi connectivity index (χ4v) is 3.09. The van der Waals surface area contributed by atoms with Crippen LogP contribution in [0.5, 0.6) is 0 Å². The highest BCUT2D eigenvalue weighted by molar-refractivity contribution is 9.10. The summed E-state index contributed by atoms with van der Waals surface area (Å²) in [6.45, 7) is 3.83. The molecule has 0 radical (unpaired) electrons. The number of amides is 1. The van der Waals surface area contributed by atoms with Crippen LogP contribution in [-0.4, -0.2) is 26.0 Å². The van der Waals surface area contributed by atoms with E-state index in [2.05, 4.69) is 51.3 Å². The monoisotopic (exact) mass is 339 g/mol. The largest absolute Gasteiger partial charge is 0.370 e. The van der Waals surface area contributed by atoms with Crippen molar-refractivity contribution < 1.29 is 4.79 Å². The summed E-state index contributed by atoms with van der Waals surface area (Å²) in [7, 11) is 1.96. The third kappa shape index (κ3) is 3.33. The first-order chi connectivity index (χ1) is 9.52. The number of benzene rings is 1. The Morgan fingerprint density at radius 1 is 1.55 bits per heavy atom. The normalized spacial score (nSPS) is 20.8. The molecule has 1 aliphatic rings. The Hall–Kier alpha value is -1.07. The maximum absolute atomic E-state index is 11.4. The van der Waals surface area contributed by atoms with Gasteiger partial charge in [0.2, 0.25) is 5.91 Å². The van der Waals surface area contributed by atoms with Crippen LogP contribution in [0.15, 0.2) is 22.7 Å². The molecule has 2 atom stereocenters. The molecule has 2 rings (SSSR count). The number of nitrogens with two attached hydrogens (primary N) is 1. The second-order valence-electron chi connectivity index (χ2n) is 5.40. The fourth-order valence-electron chi connectivity index (χ4n) is 2.74. The summed E-state index contributed by atoms with van der Waals surface area (Å²) in [6, 6.07) is 6.59. The molecular weight excluding hydrogens is 318 g/mol. The highest BCUT2D eigenvalue weighted by atomic mass is 79.9. The van der Waals surface area contributed by atoms with Gasteiger partial charge in [-0.3, -0.25) is 4.79 Å². The van der Waals surface area contributed by atoms with E-state index in [1.807, 2.05) is 7.05 Å². The Kier molecular flexibility index (Phi) is 5.05. The number of primary amides is 1. The van der Waals surface area contributed by atoms with Gasteiger partial charge in [-0.1, -0.05) is 22.0 Å². The summed E-state index contributed by atoms with van der Waals surface area (Å²) >= 11 is 3.54. The van der Waals surface area contributed by atoms with Crippen molar-refractivity contribution >= 4 is 27.5 Å². The lowest BCUT2D eigenvalue weighted by molar-refractivity contribution is -0.122.